The van der Waals surface area contributed by atoms with Gasteiger partial charge in [0, 0.05) is 18.6 Å². The Kier molecular flexibility index (Phi) is 4.12. The largest absolute Gasteiger partial charge is 0.484 e. The molecule has 26 heavy (non-hydrogen) atoms. The molecular formula is C19H18N2O5. The lowest BCUT2D eigenvalue weighted by atomic mass is 10.1. The highest BCUT2D eigenvalue weighted by Crippen LogP contribution is 2.35. The molecular weight excluding hydrogens is 336 g/mol. The summed E-state index contributed by atoms with van der Waals surface area (Å²) in [6.07, 6.45) is -0.580. The molecule has 134 valence electrons. The molecule has 7 heteroatoms. The minimum Gasteiger partial charge on any atom is -0.484 e. The van der Waals surface area contributed by atoms with Crippen LogP contribution in [0, 0.1) is 6.92 Å². The first-order valence-corrected chi connectivity index (χ1v) is 8.23. The van der Waals surface area contributed by atoms with Crippen LogP contribution < -0.4 is 14.2 Å². The molecule has 2 aromatic rings. The van der Waals surface area contributed by atoms with Crippen LogP contribution in [0.4, 0.5) is 0 Å². The lowest BCUT2D eigenvalue weighted by Crippen LogP contribution is -2.25. The number of amides is 1. The fourth-order valence-corrected chi connectivity index (χ4v) is 2.73. The van der Waals surface area contributed by atoms with Crippen LogP contribution in [0.5, 0.6) is 17.2 Å². The number of hydrogen-bond acceptors (Lipinski definition) is 6. The first kappa shape index (κ1) is 16.3. The van der Waals surface area contributed by atoms with Gasteiger partial charge in [-0.25, -0.2) is 0 Å². The average Bonchev–Trinajstić information content (AvgIpc) is 3.27. The molecule has 0 spiro atoms. The Balaban J connectivity index is 1.46. The van der Waals surface area contributed by atoms with Gasteiger partial charge in [0.1, 0.15) is 5.75 Å². The summed E-state index contributed by atoms with van der Waals surface area (Å²) >= 11 is 0. The third-order valence-electron chi connectivity index (χ3n) is 4.08. The molecule has 7 nitrogen and oxygen atoms in total. The van der Waals surface area contributed by atoms with Gasteiger partial charge in [-0.1, -0.05) is 29.8 Å². The third kappa shape index (κ3) is 3.15. The summed E-state index contributed by atoms with van der Waals surface area (Å²) in [5.41, 5.74) is 1.99. The van der Waals surface area contributed by atoms with Crippen LogP contribution in [-0.2, 0) is 9.53 Å². The number of fused-ring (bicyclic) bond motifs is 1. The summed E-state index contributed by atoms with van der Waals surface area (Å²) in [4.78, 5) is 11.9. The van der Waals surface area contributed by atoms with Crippen molar-refractivity contribution in [2.75, 3.05) is 13.4 Å². The molecule has 0 aliphatic carbocycles. The number of ether oxygens (including phenoxy) is 4. The van der Waals surface area contributed by atoms with E-state index in [1.165, 1.54) is 11.9 Å². The summed E-state index contributed by atoms with van der Waals surface area (Å²) in [5.74, 6) is 2.07. The van der Waals surface area contributed by atoms with Gasteiger partial charge in [0.2, 0.25) is 24.8 Å². The van der Waals surface area contributed by atoms with Crippen LogP contribution in [-0.4, -0.2) is 30.2 Å². The number of hydrazone groups is 1. The second-order valence-corrected chi connectivity index (χ2v) is 6.04. The molecule has 0 N–H and O–H groups in total. The summed E-state index contributed by atoms with van der Waals surface area (Å²) in [5, 5.41) is 5.58. The van der Waals surface area contributed by atoms with Crippen molar-refractivity contribution in [3.63, 3.8) is 0 Å². The molecule has 1 amide bonds. The molecule has 2 aliphatic heterocycles. The molecule has 0 saturated heterocycles. The number of carbonyl (C=O) groups is 1. The molecule has 0 radical (unpaired) electrons. The van der Waals surface area contributed by atoms with Crippen molar-refractivity contribution in [3.05, 3.63) is 53.6 Å². The predicted molar refractivity (Wildman–Crippen MR) is 93.0 cm³/mol. The van der Waals surface area contributed by atoms with Gasteiger partial charge < -0.3 is 18.9 Å². The van der Waals surface area contributed by atoms with E-state index in [2.05, 4.69) is 5.10 Å². The second kappa shape index (κ2) is 6.59. The smallest absolute Gasteiger partial charge is 0.247 e. The Morgan fingerprint density at radius 3 is 2.73 bits per heavy atom. The second-order valence-electron chi connectivity index (χ2n) is 6.04. The van der Waals surface area contributed by atoms with Gasteiger partial charge in [-0.05, 0) is 19.1 Å². The Morgan fingerprint density at radius 2 is 1.96 bits per heavy atom. The van der Waals surface area contributed by atoms with Gasteiger partial charge in [0.15, 0.2) is 18.1 Å². The van der Waals surface area contributed by atoms with Crippen molar-refractivity contribution in [1.29, 1.82) is 0 Å². The van der Waals surface area contributed by atoms with Crippen molar-refractivity contribution in [2.45, 2.75) is 20.1 Å². The number of carbonyl (C=O) groups excluding carboxylic acids is 1. The van der Waals surface area contributed by atoms with E-state index in [9.17, 15) is 4.79 Å². The fraction of sp³-hybridized carbons (Fsp3) is 0.263. The van der Waals surface area contributed by atoms with Gasteiger partial charge in [-0.3, -0.25) is 4.79 Å². The van der Waals surface area contributed by atoms with Crippen LogP contribution >= 0.6 is 0 Å². The highest BCUT2D eigenvalue weighted by atomic mass is 16.7. The van der Waals surface area contributed by atoms with E-state index in [-0.39, 0.29) is 19.3 Å². The highest BCUT2D eigenvalue weighted by Gasteiger charge is 2.32. The summed E-state index contributed by atoms with van der Waals surface area (Å²) < 4.78 is 22.2. The van der Waals surface area contributed by atoms with E-state index < -0.39 is 6.23 Å². The van der Waals surface area contributed by atoms with Crippen molar-refractivity contribution < 1.29 is 23.7 Å². The quantitative estimate of drug-likeness (QED) is 0.844. The van der Waals surface area contributed by atoms with E-state index in [1.807, 2.05) is 31.2 Å². The van der Waals surface area contributed by atoms with Gasteiger partial charge in [-0.2, -0.15) is 5.01 Å². The topological polar surface area (TPSA) is 69.6 Å². The normalized spacial score (nSPS) is 17.7. The SMILES string of the molecule is CC(=O)N1N=C(COc2ccc3c(c2)OCO3)O[C@@H]1c1ccc(C)cc1. The van der Waals surface area contributed by atoms with Gasteiger partial charge >= 0.3 is 0 Å². The molecule has 1 atom stereocenters. The Labute approximate surface area is 150 Å². The zero-order chi connectivity index (χ0) is 18.1. The number of aryl methyl sites for hydroxylation is 1. The maximum Gasteiger partial charge on any atom is 0.247 e. The van der Waals surface area contributed by atoms with Crippen LogP contribution in [0.25, 0.3) is 0 Å². The Bertz CT molecular complexity index is 863. The molecule has 0 aromatic heterocycles. The maximum absolute atomic E-state index is 11.9. The highest BCUT2D eigenvalue weighted by molar-refractivity contribution is 5.83. The molecule has 2 heterocycles. The summed E-state index contributed by atoms with van der Waals surface area (Å²) in [6, 6.07) is 13.1. The fourth-order valence-electron chi connectivity index (χ4n) is 2.73. The Hall–Kier alpha value is -3.22. The van der Waals surface area contributed by atoms with Crippen molar-refractivity contribution in [2.24, 2.45) is 5.10 Å². The number of nitrogens with zero attached hydrogens (tertiary/aromatic N) is 2. The molecule has 0 bridgehead atoms. The van der Waals surface area contributed by atoms with Crippen LogP contribution in [0.3, 0.4) is 0 Å². The molecule has 0 unspecified atom stereocenters. The molecule has 2 aliphatic rings. The zero-order valence-electron chi connectivity index (χ0n) is 14.5. The van der Waals surface area contributed by atoms with Gasteiger partial charge in [0.05, 0.1) is 0 Å². The number of benzene rings is 2. The van der Waals surface area contributed by atoms with E-state index in [0.717, 1.165) is 11.1 Å². The maximum atomic E-state index is 11.9. The molecule has 0 saturated carbocycles. The first-order valence-electron chi connectivity index (χ1n) is 8.23. The average molecular weight is 354 g/mol. The van der Waals surface area contributed by atoms with Gasteiger partial charge in [0.25, 0.3) is 0 Å². The van der Waals surface area contributed by atoms with Gasteiger partial charge in [-0.15, -0.1) is 5.10 Å². The third-order valence-corrected chi connectivity index (χ3v) is 4.08. The summed E-state index contributed by atoms with van der Waals surface area (Å²) in [6.45, 7) is 3.77. The summed E-state index contributed by atoms with van der Waals surface area (Å²) in [7, 11) is 0. The predicted octanol–water partition coefficient (Wildman–Crippen LogP) is 2.99. The van der Waals surface area contributed by atoms with Crippen molar-refractivity contribution in [1.82, 2.24) is 5.01 Å². The van der Waals surface area contributed by atoms with Crippen molar-refractivity contribution in [3.8, 4) is 17.2 Å². The molecule has 0 fully saturated rings. The van der Waals surface area contributed by atoms with Crippen LogP contribution in [0.15, 0.2) is 47.6 Å². The number of rotatable bonds is 4. The van der Waals surface area contributed by atoms with E-state index in [1.54, 1.807) is 18.2 Å². The first-order chi connectivity index (χ1) is 12.6. The van der Waals surface area contributed by atoms with E-state index >= 15 is 0 Å². The van der Waals surface area contributed by atoms with E-state index in [4.69, 9.17) is 18.9 Å². The standard InChI is InChI=1S/C19H18N2O5/c1-12-3-5-14(6-4-12)19-21(13(2)22)20-18(26-19)10-23-15-7-8-16-17(9-15)25-11-24-16/h3-9,19H,10-11H2,1-2H3/t19-/m1/s1. The van der Waals surface area contributed by atoms with Crippen molar-refractivity contribution >= 4 is 11.8 Å². The minimum absolute atomic E-state index is 0.103. The molecule has 2 aromatic carbocycles. The van der Waals surface area contributed by atoms with Crippen LogP contribution in [0.2, 0.25) is 0 Å². The molecule has 4 rings (SSSR count). The minimum atomic E-state index is -0.580. The lowest BCUT2D eigenvalue weighted by Gasteiger charge is -2.19. The van der Waals surface area contributed by atoms with E-state index in [0.29, 0.717) is 23.1 Å². The Morgan fingerprint density at radius 1 is 1.19 bits per heavy atom. The lowest BCUT2D eigenvalue weighted by molar-refractivity contribution is -0.135. The zero-order valence-corrected chi connectivity index (χ0v) is 14.5. The monoisotopic (exact) mass is 354 g/mol. The number of hydrogen-bond donors (Lipinski definition) is 0. The van der Waals surface area contributed by atoms with Crippen LogP contribution in [0.1, 0.15) is 24.3 Å².